The van der Waals surface area contributed by atoms with Gasteiger partial charge in [0.2, 0.25) is 0 Å². The molecule has 16 heavy (non-hydrogen) atoms. The molecule has 1 aromatic rings. The number of halogens is 1. The second-order valence-electron chi connectivity index (χ2n) is 3.72. The van der Waals surface area contributed by atoms with Gasteiger partial charge in [0.25, 0.3) is 0 Å². The second-order valence-corrected chi connectivity index (χ2v) is 4.16. The number of esters is 1. The van der Waals surface area contributed by atoms with Crippen LogP contribution >= 0.6 is 11.6 Å². The van der Waals surface area contributed by atoms with E-state index in [2.05, 4.69) is 0 Å². The van der Waals surface area contributed by atoms with Gasteiger partial charge in [-0.15, -0.1) is 0 Å². The van der Waals surface area contributed by atoms with E-state index < -0.39 is 5.97 Å². The molecule has 0 heterocycles. The van der Waals surface area contributed by atoms with Gasteiger partial charge in [0.05, 0.1) is 14.2 Å². The van der Waals surface area contributed by atoms with Gasteiger partial charge < -0.3 is 9.47 Å². The highest BCUT2D eigenvalue weighted by atomic mass is 35.5. The third-order valence-electron chi connectivity index (χ3n) is 2.31. The van der Waals surface area contributed by atoms with Gasteiger partial charge in [-0.3, -0.25) is 0 Å². The Bertz CT molecular complexity index is 399. The fraction of sp³-hybridized carbons (Fsp3) is 0.417. The summed E-state index contributed by atoms with van der Waals surface area (Å²) in [4.78, 5) is 11.6. The standard InChI is InChI=1S/C12H15ClO3/c1-7(2)9-5-8(13)6-10(11(9)15-3)12(14)16-4/h5-7H,1-4H3. The van der Waals surface area contributed by atoms with Crippen LogP contribution in [0.4, 0.5) is 0 Å². The van der Waals surface area contributed by atoms with Gasteiger partial charge in [-0.2, -0.15) is 0 Å². The number of rotatable bonds is 3. The van der Waals surface area contributed by atoms with Gasteiger partial charge >= 0.3 is 5.97 Å². The van der Waals surface area contributed by atoms with Crippen molar-refractivity contribution in [2.75, 3.05) is 14.2 Å². The molecule has 1 rings (SSSR count). The Morgan fingerprint density at radius 2 is 1.94 bits per heavy atom. The maximum atomic E-state index is 11.6. The number of hydrogen-bond acceptors (Lipinski definition) is 3. The molecular weight excluding hydrogens is 228 g/mol. The van der Waals surface area contributed by atoms with Crippen LogP contribution < -0.4 is 4.74 Å². The smallest absolute Gasteiger partial charge is 0.341 e. The molecule has 0 aliphatic carbocycles. The Kier molecular flexibility index (Phi) is 4.19. The Morgan fingerprint density at radius 3 is 2.38 bits per heavy atom. The Labute approximate surface area is 100 Å². The molecule has 0 unspecified atom stereocenters. The van der Waals surface area contributed by atoms with Gasteiger partial charge in [-0.25, -0.2) is 4.79 Å². The van der Waals surface area contributed by atoms with Crippen LogP contribution in [0, 0.1) is 0 Å². The second kappa shape index (κ2) is 5.21. The van der Waals surface area contributed by atoms with E-state index in [1.54, 1.807) is 12.1 Å². The van der Waals surface area contributed by atoms with Crippen molar-refractivity contribution in [1.29, 1.82) is 0 Å². The highest BCUT2D eigenvalue weighted by molar-refractivity contribution is 6.31. The minimum absolute atomic E-state index is 0.219. The molecule has 0 radical (unpaired) electrons. The van der Waals surface area contributed by atoms with E-state index in [0.717, 1.165) is 5.56 Å². The summed E-state index contributed by atoms with van der Waals surface area (Å²) in [5, 5.41) is 0.505. The van der Waals surface area contributed by atoms with Gasteiger partial charge in [-0.1, -0.05) is 25.4 Å². The highest BCUT2D eigenvalue weighted by Gasteiger charge is 2.19. The van der Waals surface area contributed by atoms with E-state index in [9.17, 15) is 4.79 Å². The lowest BCUT2D eigenvalue weighted by Gasteiger charge is -2.15. The number of carbonyl (C=O) groups excluding carboxylic acids is 1. The van der Waals surface area contributed by atoms with Crippen LogP contribution in [0.25, 0.3) is 0 Å². The molecule has 0 spiro atoms. The van der Waals surface area contributed by atoms with Crippen molar-refractivity contribution in [2.24, 2.45) is 0 Å². The lowest BCUT2D eigenvalue weighted by Crippen LogP contribution is -2.07. The molecule has 0 atom stereocenters. The summed E-state index contributed by atoms with van der Waals surface area (Å²) in [7, 11) is 2.86. The first kappa shape index (κ1) is 12.8. The molecule has 0 fully saturated rings. The minimum Gasteiger partial charge on any atom is -0.496 e. The SMILES string of the molecule is COC(=O)c1cc(Cl)cc(C(C)C)c1OC. The van der Waals surface area contributed by atoms with Crippen LogP contribution in [-0.2, 0) is 4.74 Å². The van der Waals surface area contributed by atoms with Gasteiger partial charge in [0.1, 0.15) is 11.3 Å². The van der Waals surface area contributed by atoms with E-state index in [1.165, 1.54) is 14.2 Å². The summed E-state index contributed by atoms with van der Waals surface area (Å²) in [6.07, 6.45) is 0. The predicted molar refractivity (Wildman–Crippen MR) is 63.4 cm³/mol. The monoisotopic (exact) mass is 242 g/mol. The molecule has 0 bridgehead atoms. The fourth-order valence-electron chi connectivity index (χ4n) is 1.53. The van der Waals surface area contributed by atoms with Crippen molar-refractivity contribution in [1.82, 2.24) is 0 Å². The number of carbonyl (C=O) groups is 1. The van der Waals surface area contributed by atoms with Crippen molar-refractivity contribution >= 4 is 17.6 Å². The molecule has 0 aliphatic heterocycles. The van der Waals surface area contributed by atoms with Crippen molar-refractivity contribution in [2.45, 2.75) is 19.8 Å². The minimum atomic E-state index is -0.443. The Hall–Kier alpha value is -1.22. The number of hydrogen-bond donors (Lipinski definition) is 0. The molecule has 0 saturated heterocycles. The zero-order valence-corrected chi connectivity index (χ0v) is 10.6. The lowest BCUT2D eigenvalue weighted by atomic mass is 9.99. The molecule has 3 nitrogen and oxygen atoms in total. The number of benzene rings is 1. The number of methoxy groups -OCH3 is 2. The van der Waals surface area contributed by atoms with Gasteiger partial charge in [-0.05, 0) is 23.6 Å². The van der Waals surface area contributed by atoms with E-state index in [1.807, 2.05) is 13.8 Å². The normalized spacial score (nSPS) is 10.4. The van der Waals surface area contributed by atoms with E-state index in [4.69, 9.17) is 21.1 Å². The van der Waals surface area contributed by atoms with Crippen LogP contribution in [0.2, 0.25) is 5.02 Å². The average molecular weight is 243 g/mol. The summed E-state index contributed by atoms with van der Waals surface area (Å²) in [6, 6.07) is 3.36. The first-order valence-corrected chi connectivity index (χ1v) is 5.34. The van der Waals surface area contributed by atoms with Crippen LogP contribution in [-0.4, -0.2) is 20.2 Å². The topological polar surface area (TPSA) is 35.5 Å². The van der Waals surface area contributed by atoms with Crippen molar-refractivity contribution in [3.8, 4) is 5.75 Å². The first-order valence-electron chi connectivity index (χ1n) is 4.97. The maximum Gasteiger partial charge on any atom is 0.341 e. The lowest BCUT2D eigenvalue weighted by molar-refractivity contribution is 0.0597. The van der Waals surface area contributed by atoms with Crippen molar-refractivity contribution in [3.05, 3.63) is 28.3 Å². The largest absolute Gasteiger partial charge is 0.496 e. The quantitative estimate of drug-likeness (QED) is 0.764. The van der Waals surface area contributed by atoms with Crippen molar-refractivity contribution < 1.29 is 14.3 Å². The van der Waals surface area contributed by atoms with Crippen LogP contribution in [0.5, 0.6) is 5.75 Å². The number of ether oxygens (including phenoxy) is 2. The van der Waals surface area contributed by atoms with Crippen LogP contribution in [0.15, 0.2) is 12.1 Å². The van der Waals surface area contributed by atoms with E-state index >= 15 is 0 Å². The highest BCUT2D eigenvalue weighted by Crippen LogP contribution is 2.33. The summed E-state index contributed by atoms with van der Waals surface area (Å²) in [5.74, 6) is 0.310. The molecule has 0 saturated carbocycles. The Balaban J connectivity index is 3.41. The third kappa shape index (κ3) is 2.47. The van der Waals surface area contributed by atoms with Crippen molar-refractivity contribution in [3.63, 3.8) is 0 Å². The molecule has 0 aliphatic rings. The third-order valence-corrected chi connectivity index (χ3v) is 2.53. The Morgan fingerprint density at radius 1 is 1.31 bits per heavy atom. The summed E-state index contributed by atoms with van der Waals surface area (Å²) in [6.45, 7) is 4.02. The van der Waals surface area contributed by atoms with Crippen LogP contribution in [0.1, 0.15) is 35.7 Å². The summed E-state index contributed by atoms with van der Waals surface area (Å²) >= 11 is 5.96. The predicted octanol–water partition coefficient (Wildman–Crippen LogP) is 3.26. The molecule has 0 N–H and O–H groups in total. The summed E-state index contributed by atoms with van der Waals surface area (Å²) in [5.41, 5.74) is 1.26. The average Bonchev–Trinajstić information content (AvgIpc) is 2.26. The molecule has 88 valence electrons. The molecular formula is C12H15ClO3. The zero-order chi connectivity index (χ0) is 12.3. The van der Waals surface area contributed by atoms with Gasteiger partial charge in [0.15, 0.2) is 0 Å². The van der Waals surface area contributed by atoms with E-state index in [-0.39, 0.29) is 5.92 Å². The summed E-state index contributed by atoms with van der Waals surface area (Å²) < 4.78 is 9.95. The maximum absolute atomic E-state index is 11.6. The van der Waals surface area contributed by atoms with Gasteiger partial charge in [0, 0.05) is 5.02 Å². The molecule has 0 aromatic heterocycles. The van der Waals surface area contributed by atoms with Crippen LogP contribution in [0.3, 0.4) is 0 Å². The first-order chi connectivity index (χ1) is 7.51. The molecule has 4 heteroatoms. The molecule has 1 aromatic carbocycles. The van der Waals surface area contributed by atoms with E-state index in [0.29, 0.717) is 16.3 Å². The fourth-order valence-corrected chi connectivity index (χ4v) is 1.76. The molecule has 0 amide bonds. The zero-order valence-electron chi connectivity index (χ0n) is 9.83.